The molecular weight excluding hydrogens is 272 g/mol. The van der Waals surface area contributed by atoms with Crippen LogP contribution in [0.15, 0.2) is 29.2 Å². The molecule has 4 nitrogen and oxygen atoms in total. The molecule has 0 saturated heterocycles. The number of nitrogens with one attached hydrogen (secondary N) is 1. The van der Waals surface area contributed by atoms with Crippen molar-refractivity contribution in [2.45, 2.75) is 37.1 Å². The first-order valence-electron chi connectivity index (χ1n) is 6.87. The Morgan fingerprint density at radius 3 is 2.35 bits per heavy atom. The molecule has 3 N–H and O–H groups in total. The van der Waals surface area contributed by atoms with Crippen molar-refractivity contribution in [2.24, 2.45) is 5.73 Å². The van der Waals surface area contributed by atoms with Crippen LogP contribution in [0.2, 0.25) is 0 Å². The number of hydrogen-bond donors (Lipinski definition) is 2. The predicted molar refractivity (Wildman–Crippen MR) is 84.2 cm³/mol. The van der Waals surface area contributed by atoms with E-state index in [-0.39, 0.29) is 11.4 Å². The largest absolute Gasteiger partial charge is 0.497 e. The van der Waals surface area contributed by atoms with E-state index in [0.717, 1.165) is 23.5 Å². The van der Waals surface area contributed by atoms with E-state index >= 15 is 0 Å². The Kier molecular flexibility index (Phi) is 6.88. The molecule has 0 aliphatic rings. The summed E-state index contributed by atoms with van der Waals surface area (Å²) in [4.78, 5) is 13.1. The van der Waals surface area contributed by atoms with E-state index < -0.39 is 0 Å². The minimum atomic E-state index is -0.266. The number of thioether (sulfide) groups is 1. The van der Waals surface area contributed by atoms with E-state index in [2.05, 4.69) is 5.32 Å². The SMILES string of the molecule is CCC(CC)(CN)NC(=O)CSc1ccc(OC)cc1. The van der Waals surface area contributed by atoms with E-state index in [0.29, 0.717) is 12.3 Å². The maximum Gasteiger partial charge on any atom is 0.230 e. The molecule has 112 valence electrons. The number of hydrogen-bond acceptors (Lipinski definition) is 4. The van der Waals surface area contributed by atoms with Crippen LogP contribution in [-0.2, 0) is 4.79 Å². The average Bonchev–Trinajstić information content (AvgIpc) is 2.51. The van der Waals surface area contributed by atoms with Crippen molar-refractivity contribution in [3.63, 3.8) is 0 Å². The quantitative estimate of drug-likeness (QED) is 0.723. The Bertz CT molecular complexity index is 408. The minimum Gasteiger partial charge on any atom is -0.497 e. The first-order chi connectivity index (χ1) is 9.59. The third-order valence-electron chi connectivity index (χ3n) is 3.58. The van der Waals surface area contributed by atoms with Crippen molar-refractivity contribution in [3.05, 3.63) is 24.3 Å². The van der Waals surface area contributed by atoms with Gasteiger partial charge in [-0.25, -0.2) is 0 Å². The number of carbonyl (C=O) groups excluding carboxylic acids is 1. The van der Waals surface area contributed by atoms with Crippen LogP contribution in [0.3, 0.4) is 0 Å². The van der Waals surface area contributed by atoms with E-state index in [1.807, 2.05) is 38.1 Å². The maximum absolute atomic E-state index is 12.0. The highest BCUT2D eigenvalue weighted by Crippen LogP contribution is 2.21. The Morgan fingerprint density at radius 1 is 1.30 bits per heavy atom. The standard InChI is InChI=1S/C15H24N2O2S/c1-4-15(5-2,11-16)17-14(18)10-20-13-8-6-12(19-3)7-9-13/h6-9H,4-5,10-11,16H2,1-3H3,(H,17,18). The summed E-state index contributed by atoms with van der Waals surface area (Å²) in [5, 5.41) is 3.06. The molecule has 0 aliphatic carbocycles. The lowest BCUT2D eigenvalue weighted by atomic mass is 9.93. The van der Waals surface area contributed by atoms with Gasteiger partial charge in [0, 0.05) is 11.4 Å². The van der Waals surface area contributed by atoms with Gasteiger partial charge in [-0.15, -0.1) is 11.8 Å². The van der Waals surface area contributed by atoms with Crippen LogP contribution in [-0.4, -0.2) is 30.9 Å². The Labute approximate surface area is 125 Å². The molecule has 1 amide bonds. The third kappa shape index (κ3) is 4.72. The van der Waals surface area contributed by atoms with Crippen LogP contribution in [0.5, 0.6) is 5.75 Å². The van der Waals surface area contributed by atoms with E-state index in [4.69, 9.17) is 10.5 Å². The summed E-state index contributed by atoms with van der Waals surface area (Å²) in [6, 6.07) is 7.68. The summed E-state index contributed by atoms with van der Waals surface area (Å²) in [5.74, 6) is 1.24. The van der Waals surface area contributed by atoms with Gasteiger partial charge in [0.2, 0.25) is 5.91 Å². The number of benzene rings is 1. The van der Waals surface area contributed by atoms with Gasteiger partial charge in [-0.1, -0.05) is 13.8 Å². The summed E-state index contributed by atoms with van der Waals surface area (Å²) in [5.41, 5.74) is 5.51. The van der Waals surface area contributed by atoms with Crippen LogP contribution in [0.1, 0.15) is 26.7 Å². The zero-order valence-electron chi connectivity index (χ0n) is 12.4. The van der Waals surface area contributed by atoms with Crippen LogP contribution >= 0.6 is 11.8 Å². The minimum absolute atomic E-state index is 0.0277. The molecule has 5 heteroatoms. The van der Waals surface area contributed by atoms with Crippen molar-refractivity contribution in [1.29, 1.82) is 0 Å². The van der Waals surface area contributed by atoms with Gasteiger partial charge in [-0.3, -0.25) is 4.79 Å². The average molecular weight is 296 g/mol. The number of carbonyl (C=O) groups is 1. The lowest BCUT2D eigenvalue weighted by molar-refractivity contribution is -0.120. The first-order valence-corrected chi connectivity index (χ1v) is 7.85. The molecule has 1 rings (SSSR count). The Morgan fingerprint density at radius 2 is 1.90 bits per heavy atom. The van der Waals surface area contributed by atoms with Gasteiger partial charge in [-0.2, -0.15) is 0 Å². The molecule has 1 aromatic carbocycles. The van der Waals surface area contributed by atoms with Crippen molar-refractivity contribution in [2.75, 3.05) is 19.4 Å². The second-order valence-corrected chi connectivity index (χ2v) is 5.75. The highest BCUT2D eigenvalue weighted by Gasteiger charge is 2.25. The number of methoxy groups -OCH3 is 1. The van der Waals surface area contributed by atoms with Crippen LogP contribution in [0, 0.1) is 0 Å². The zero-order chi connectivity index (χ0) is 15.0. The first kappa shape index (κ1) is 16.9. The molecule has 0 aliphatic heterocycles. The smallest absolute Gasteiger partial charge is 0.230 e. The van der Waals surface area contributed by atoms with Crippen LogP contribution in [0.25, 0.3) is 0 Å². The summed E-state index contributed by atoms with van der Waals surface area (Å²) in [6.07, 6.45) is 1.69. The van der Waals surface area contributed by atoms with Gasteiger partial charge < -0.3 is 15.8 Å². The molecule has 0 aromatic heterocycles. The fraction of sp³-hybridized carbons (Fsp3) is 0.533. The highest BCUT2D eigenvalue weighted by molar-refractivity contribution is 8.00. The molecule has 0 spiro atoms. The molecule has 0 unspecified atom stereocenters. The van der Waals surface area contributed by atoms with E-state index in [1.54, 1.807) is 7.11 Å². The van der Waals surface area contributed by atoms with Crippen LogP contribution in [0.4, 0.5) is 0 Å². The maximum atomic E-state index is 12.0. The fourth-order valence-electron chi connectivity index (χ4n) is 1.92. The molecule has 0 bridgehead atoms. The molecule has 0 heterocycles. The van der Waals surface area contributed by atoms with Crippen molar-refractivity contribution >= 4 is 17.7 Å². The molecule has 0 saturated carbocycles. The van der Waals surface area contributed by atoms with E-state index in [1.165, 1.54) is 11.8 Å². The van der Waals surface area contributed by atoms with Crippen molar-refractivity contribution < 1.29 is 9.53 Å². The van der Waals surface area contributed by atoms with Gasteiger partial charge in [0.1, 0.15) is 5.75 Å². The number of ether oxygens (including phenoxy) is 1. The van der Waals surface area contributed by atoms with Crippen molar-refractivity contribution in [1.82, 2.24) is 5.32 Å². The highest BCUT2D eigenvalue weighted by atomic mass is 32.2. The van der Waals surface area contributed by atoms with Crippen molar-refractivity contribution in [3.8, 4) is 5.75 Å². The van der Waals surface area contributed by atoms with Gasteiger partial charge in [-0.05, 0) is 37.1 Å². The summed E-state index contributed by atoms with van der Waals surface area (Å²) < 4.78 is 5.10. The van der Waals surface area contributed by atoms with E-state index in [9.17, 15) is 4.79 Å². The molecule has 0 fully saturated rings. The number of nitrogens with two attached hydrogens (primary N) is 1. The topological polar surface area (TPSA) is 64.3 Å². The lowest BCUT2D eigenvalue weighted by Gasteiger charge is -2.31. The van der Waals surface area contributed by atoms with Gasteiger partial charge in [0.25, 0.3) is 0 Å². The Hall–Kier alpha value is -1.20. The molecule has 0 radical (unpaired) electrons. The summed E-state index contributed by atoms with van der Waals surface area (Å²) in [6.45, 7) is 4.57. The zero-order valence-corrected chi connectivity index (χ0v) is 13.3. The van der Waals surface area contributed by atoms with Gasteiger partial charge >= 0.3 is 0 Å². The third-order valence-corrected chi connectivity index (χ3v) is 4.59. The predicted octanol–water partition coefficient (Wildman–Crippen LogP) is 2.42. The second kappa shape index (κ2) is 8.17. The molecule has 0 atom stereocenters. The fourth-order valence-corrected chi connectivity index (χ4v) is 2.62. The molecule has 20 heavy (non-hydrogen) atoms. The number of amides is 1. The molecular formula is C15H24N2O2S. The normalized spacial score (nSPS) is 11.2. The van der Waals surface area contributed by atoms with Gasteiger partial charge in [0.15, 0.2) is 0 Å². The summed E-state index contributed by atoms with van der Waals surface area (Å²) in [7, 11) is 1.64. The number of rotatable bonds is 8. The monoisotopic (exact) mass is 296 g/mol. The second-order valence-electron chi connectivity index (χ2n) is 4.70. The van der Waals surface area contributed by atoms with Crippen LogP contribution < -0.4 is 15.8 Å². The van der Waals surface area contributed by atoms with Gasteiger partial charge in [0.05, 0.1) is 18.4 Å². The molecule has 1 aromatic rings. The lowest BCUT2D eigenvalue weighted by Crippen LogP contribution is -2.53. The summed E-state index contributed by atoms with van der Waals surface area (Å²) >= 11 is 1.51. The Balaban J connectivity index is 2.50.